The summed E-state index contributed by atoms with van der Waals surface area (Å²) in [6.45, 7) is 3.69. The van der Waals surface area contributed by atoms with Gasteiger partial charge in [-0.15, -0.1) is 0 Å². The van der Waals surface area contributed by atoms with Crippen LogP contribution in [0.1, 0.15) is 264 Å². The largest absolute Gasteiger partial charge is 0.394 e. The van der Waals surface area contributed by atoms with Crippen molar-refractivity contribution in [1.82, 2.24) is 5.32 Å². The lowest BCUT2D eigenvalue weighted by atomic mass is 9.99. The zero-order chi connectivity index (χ0) is 48.0. The second kappa shape index (κ2) is 47.1. The van der Waals surface area contributed by atoms with Crippen molar-refractivity contribution < 1.29 is 39.8 Å². The summed E-state index contributed by atoms with van der Waals surface area (Å²) in [6, 6.07) is -0.817. The molecule has 0 saturated carbocycles. The Morgan fingerprint density at radius 2 is 0.879 bits per heavy atom. The van der Waals surface area contributed by atoms with Gasteiger partial charge < -0.3 is 40.3 Å². The highest BCUT2D eigenvalue weighted by molar-refractivity contribution is 5.76. The molecule has 1 heterocycles. The highest BCUT2D eigenvalue weighted by Crippen LogP contribution is 2.23. The number of allylic oxidation sites excluding steroid dienone is 5. The molecule has 0 aromatic rings. The number of carbonyl (C=O) groups is 1. The van der Waals surface area contributed by atoms with Crippen molar-refractivity contribution in [1.29, 1.82) is 0 Å². The third-order valence-electron chi connectivity index (χ3n) is 13.4. The Hall–Kier alpha value is -1.59. The number of hydrogen-bond donors (Lipinski definition) is 6. The molecule has 1 fully saturated rings. The number of nitrogens with one attached hydrogen (secondary N) is 1. The van der Waals surface area contributed by atoms with Crippen LogP contribution in [0.25, 0.3) is 0 Å². The van der Waals surface area contributed by atoms with Gasteiger partial charge in [-0.05, 0) is 51.4 Å². The lowest BCUT2D eigenvalue weighted by Gasteiger charge is -2.40. The molecule has 0 aromatic carbocycles. The molecular formula is C57H107NO8. The quantitative estimate of drug-likeness (QED) is 0.0261. The SMILES string of the molecule is CCCC/C=C/CC/C=C/C(O)C(COC1OC(CO)C(O)C(O)C1O)NC(=O)CCCCCCCCCCCCCCCCCCCCCCCCC/C=C\CCCCCCCCCC. The summed E-state index contributed by atoms with van der Waals surface area (Å²) in [5.41, 5.74) is 0. The van der Waals surface area contributed by atoms with Gasteiger partial charge in [-0.2, -0.15) is 0 Å². The number of rotatable bonds is 48. The van der Waals surface area contributed by atoms with Crippen LogP contribution in [0.5, 0.6) is 0 Å². The van der Waals surface area contributed by atoms with E-state index < -0.39 is 49.5 Å². The normalized spacial score (nSPS) is 20.0. The molecule has 0 aromatic heterocycles. The van der Waals surface area contributed by atoms with Crippen molar-refractivity contribution in [3.05, 3.63) is 36.5 Å². The topological polar surface area (TPSA) is 149 Å². The Bertz CT molecular complexity index is 1130. The van der Waals surface area contributed by atoms with Crippen LogP contribution < -0.4 is 5.32 Å². The summed E-state index contributed by atoms with van der Waals surface area (Å²) in [5.74, 6) is -0.187. The van der Waals surface area contributed by atoms with Crippen LogP contribution in [-0.4, -0.2) is 87.5 Å². The number of carbonyl (C=O) groups excluding carboxylic acids is 1. The van der Waals surface area contributed by atoms with Crippen LogP contribution in [0.3, 0.4) is 0 Å². The zero-order valence-electron chi connectivity index (χ0n) is 43.0. The monoisotopic (exact) mass is 934 g/mol. The van der Waals surface area contributed by atoms with Gasteiger partial charge in [0.15, 0.2) is 6.29 Å². The van der Waals surface area contributed by atoms with Crippen LogP contribution in [0, 0.1) is 0 Å². The summed E-state index contributed by atoms with van der Waals surface area (Å²) < 4.78 is 11.2. The first-order valence-corrected chi connectivity index (χ1v) is 28.2. The van der Waals surface area contributed by atoms with E-state index in [9.17, 15) is 30.3 Å². The van der Waals surface area contributed by atoms with Gasteiger partial charge in [0.1, 0.15) is 24.4 Å². The van der Waals surface area contributed by atoms with Crippen LogP contribution in [0.4, 0.5) is 0 Å². The average molecular weight is 934 g/mol. The molecule has 0 aliphatic carbocycles. The van der Waals surface area contributed by atoms with E-state index >= 15 is 0 Å². The average Bonchev–Trinajstić information content (AvgIpc) is 3.32. The first-order valence-electron chi connectivity index (χ1n) is 28.2. The van der Waals surface area contributed by atoms with Gasteiger partial charge in [-0.1, -0.05) is 243 Å². The van der Waals surface area contributed by atoms with Gasteiger partial charge in [-0.25, -0.2) is 0 Å². The van der Waals surface area contributed by atoms with Gasteiger partial charge >= 0.3 is 0 Å². The molecule has 0 bridgehead atoms. The van der Waals surface area contributed by atoms with E-state index in [0.717, 1.165) is 44.9 Å². The number of aliphatic hydroxyl groups excluding tert-OH is 5. The number of ether oxygens (including phenoxy) is 2. The summed E-state index contributed by atoms with van der Waals surface area (Å²) in [6.07, 6.45) is 54.1. The Kier molecular flexibility index (Phi) is 44.6. The van der Waals surface area contributed by atoms with Crippen molar-refractivity contribution in [2.45, 2.75) is 307 Å². The summed E-state index contributed by atoms with van der Waals surface area (Å²) in [4.78, 5) is 12.9. The first-order chi connectivity index (χ1) is 32.3. The van der Waals surface area contributed by atoms with Gasteiger partial charge in [-0.3, -0.25) is 4.79 Å². The molecule has 9 nitrogen and oxygen atoms in total. The summed E-state index contributed by atoms with van der Waals surface area (Å²) >= 11 is 0. The van der Waals surface area contributed by atoms with E-state index in [1.165, 1.54) is 199 Å². The highest BCUT2D eigenvalue weighted by Gasteiger charge is 2.44. The molecule has 1 amide bonds. The molecule has 1 saturated heterocycles. The molecular weight excluding hydrogens is 827 g/mol. The minimum atomic E-state index is -1.57. The molecule has 9 heteroatoms. The predicted molar refractivity (Wildman–Crippen MR) is 276 cm³/mol. The fraction of sp³-hybridized carbons (Fsp3) is 0.877. The van der Waals surface area contributed by atoms with Crippen LogP contribution in [-0.2, 0) is 14.3 Å². The Balaban J connectivity index is 2.02. The van der Waals surface area contributed by atoms with E-state index in [-0.39, 0.29) is 12.5 Å². The molecule has 1 aliphatic heterocycles. The highest BCUT2D eigenvalue weighted by atomic mass is 16.7. The molecule has 66 heavy (non-hydrogen) atoms. The first kappa shape index (κ1) is 62.4. The second-order valence-electron chi connectivity index (χ2n) is 19.7. The fourth-order valence-corrected chi connectivity index (χ4v) is 8.92. The maximum Gasteiger partial charge on any atom is 0.220 e. The standard InChI is InChI=1S/C57H107NO8/c1-3-5-7-9-11-13-14-15-16-17-18-19-20-21-22-23-24-25-26-27-28-29-30-31-32-33-34-35-36-37-38-39-41-43-45-47-53(61)58-50(51(60)46-44-42-40-12-10-8-6-4-2)49-65-57-56(64)55(63)54(62)52(48-59)66-57/h10,12,17-18,44,46,50-52,54-57,59-60,62-64H,3-9,11,13-16,19-43,45,47-49H2,1-2H3,(H,58,61)/b12-10+,18-17-,46-44+. The number of amides is 1. The van der Waals surface area contributed by atoms with Gasteiger partial charge in [0.25, 0.3) is 0 Å². The van der Waals surface area contributed by atoms with Gasteiger partial charge in [0.05, 0.1) is 25.4 Å². The molecule has 7 atom stereocenters. The number of unbranched alkanes of at least 4 members (excludes halogenated alkanes) is 34. The number of hydrogen-bond acceptors (Lipinski definition) is 8. The van der Waals surface area contributed by atoms with E-state index in [0.29, 0.717) is 6.42 Å². The van der Waals surface area contributed by atoms with E-state index in [4.69, 9.17) is 9.47 Å². The lowest BCUT2D eigenvalue weighted by molar-refractivity contribution is -0.302. The Morgan fingerprint density at radius 3 is 1.32 bits per heavy atom. The molecule has 7 unspecified atom stereocenters. The van der Waals surface area contributed by atoms with E-state index in [1.54, 1.807) is 6.08 Å². The molecule has 388 valence electrons. The number of aliphatic hydroxyl groups is 5. The molecule has 6 N–H and O–H groups in total. The Labute approximate surface area is 406 Å². The Morgan fingerprint density at radius 1 is 0.500 bits per heavy atom. The van der Waals surface area contributed by atoms with Crippen molar-refractivity contribution in [3.63, 3.8) is 0 Å². The van der Waals surface area contributed by atoms with E-state index in [1.807, 2.05) is 6.08 Å². The maximum absolute atomic E-state index is 12.9. The van der Waals surface area contributed by atoms with Crippen LogP contribution >= 0.6 is 0 Å². The van der Waals surface area contributed by atoms with E-state index in [2.05, 4.69) is 43.5 Å². The van der Waals surface area contributed by atoms with Crippen molar-refractivity contribution in [3.8, 4) is 0 Å². The minimum Gasteiger partial charge on any atom is -0.394 e. The summed E-state index contributed by atoms with van der Waals surface area (Å²) in [7, 11) is 0. The van der Waals surface area contributed by atoms with Gasteiger partial charge in [0, 0.05) is 6.42 Å². The molecule has 0 spiro atoms. The van der Waals surface area contributed by atoms with Crippen molar-refractivity contribution in [2.75, 3.05) is 13.2 Å². The smallest absolute Gasteiger partial charge is 0.220 e. The van der Waals surface area contributed by atoms with Crippen molar-refractivity contribution in [2.24, 2.45) is 0 Å². The maximum atomic E-state index is 12.9. The van der Waals surface area contributed by atoms with Crippen LogP contribution in [0.2, 0.25) is 0 Å². The molecule has 1 rings (SSSR count). The second-order valence-corrected chi connectivity index (χ2v) is 19.7. The zero-order valence-corrected chi connectivity index (χ0v) is 43.0. The fourth-order valence-electron chi connectivity index (χ4n) is 8.92. The summed E-state index contributed by atoms with van der Waals surface area (Å²) in [5, 5.41) is 54.0. The lowest BCUT2D eigenvalue weighted by Crippen LogP contribution is -2.60. The third kappa shape index (κ3) is 36.4. The molecule has 0 radical (unpaired) electrons. The van der Waals surface area contributed by atoms with Gasteiger partial charge in [0.2, 0.25) is 5.91 Å². The van der Waals surface area contributed by atoms with Crippen molar-refractivity contribution >= 4 is 5.91 Å². The predicted octanol–water partition coefficient (Wildman–Crippen LogP) is 13.6. The van der Waals surface area contributed by atoms with Crippen LogP contribution in [0.15, 0.2) is 36.5 Å². The molecule has 1 aliphatic rings. The third-order valence-corrected chi connectivity index (χ3v) is 13.4. The minimum absolute atomic E-state index is 0.187.